The van der Waals surface area contributed by atoms with Gasteiger partial charge in [-0.15, -0.1) is 0 Å². The van der Waals surface area contributed by atoms with Crippen LogP contribution in [-0.4, -0.2) is 28.8 Å². The van der Waals surface area contributed by atoms with E-state index in [0.717, 1.165) is 6.07 Å². The lowest BCUT2D eigenvalue weighted by molar-refractivity contribution is -0.385. The Morgan fingerprint density at radius 2 is 1.86 bits per heavy atom. The summed E-state index contributed by atoms with van der Waals surface area (Å²) in [4.78, 5) is 10.4. The smallest absolute Gasteiger partial charge is 0.270 e. The zero-order valence-corrected chi connectivity index (χ0v) is 16.3. The van der Waals surface area contributed by atoms with Gasteiger partial charge in [-0.3, -0.25) is 10.1 Å². The molecule has 4 rings (SSSR count). The SMILES string of the molecule is Cc1ccc([N+](=O)[O-])cc1S(=O)(=O)N1CCn2cccc2[C@H]1c1ccccc1F. The summed E-state index contributed by atoms with van der Waals surface area (Å²) >= 11 is 0. The number of halogens is 1. The van der Waals surface area contributed by atoms with Gasteiger partial charge in [0, 0.05) is 42.7 Å². The maximum atomic E-state index is 14.7. The van der Waals surface area contributed by atoms with Gasteiger partial charge in [0.2, 0.25) is 10.0 Å². The van der Waals surface area contributed by atoms with E-state index in [-0.39, 0.29) is 22.7 Å². The molecule has 0 radical (unpaired) electrons. The van der Waals surface area contributed by atoms with E-state index < -0.39 is 26.8 Å². The quantitative estimate of drug-likeness (QED) is 0.481. The zero-order chi connectivity index (χ0) is 20.8. The second kappa shape index (κ2) is 7.09. The predicted octanol–water partition coefficient (Wildman–Crippen LogP) is 3.64. The molecule has 7 nitrogen and oxygen atoms in total. The van der Waals surface area contributed by atoms with E-state index in [2.05, 4.69) is 0 Å². The maximum absolute atomic E-state index is 14.7. The highest BCUT2D eigenvalue weighted by Gasteiger charge is 2.39. The Hall–Kier alpha value is -3.04. The molecule has 9 heteroatoms. The van der Waals surface area contributed by atoms with E-state index in [1.165, 1.54) is 22.5 Å². The lowest BCUT2D eigenvalue weighted by Crippen LogP contribution is -2.42. The van der Waals surface area contributed by atoms with Crippen LogP contribution >= 0.6 is 0 Å². The summed E-state index contributed by atoms with van der Waals surface area (Å²) in [5.41, 5.74) is 0.965. The van der Waals surface area contributed by atoms with Gasteiger partial charge in [0.1, 0.15) is 5.82 Å². The van der Waals surface area contributed by atoms with E-state index in [1.807, 2.05) is 10.8 Å². The Bertz CT molecular complexity index is 1210. The minimum absolute atomic E-state index is 0.116. The van der Waals surface area contributed by atoms with Crippen molar-refractivity contribution in [2.24, 2.45) is 0 Å². The van der Waals surface area contributed by atoms with Gasteiger partial charge < -0.3 is 4.57 Å². The molecule has 1 aliphatic heterocycles. The molecule has 150 valence electrons. The highest BCUT2D eigenvalue weighted by molar-refractivity contribution is 7.89. The van der Waals surface area contributed by atoms with E-state index in [0.29, 0.717) is 17.8 Å². The van der Waals surface area contributed by atoms with Crippen LogP contribution in [0.3, 0.4) is 0 Å². The number of hydrogen-bond donors (Lipinski definition) is 0. The first-order chi connectivity index (χ1) is 13.8. The van der Waals surface area contributed by atoms with Crippen LogP contribution in [0.1, 0.15) is 22.9 Å². The van der Waals surface area contributed by atoms with Gasteiger partial charge in [0.25, 0.3) is 5.69 Å². The molecule has 1 aromatic heterocycles. The van der Waals surface area contributed by atoms with Gasteiger partial charge in [-0.2, -0.15) is 4.31 Å². The molecule has 0 unspecified atom stereocenters. The van der Waals surface area contributed by atoms with Crippen molar-refractivity contribution in [3.05, 3.63) is 93.5 Å². The average Bonchev–Trinajstić information content (AvgIpc) is 3.16. The highest BCUT2D eigenvalue weighted by Crippen LogP contribution is 2.38. The van der Waals surface area contributed by atoms with Gasteiger partial charge in [-0.25, -0.2) is 12.8 Å². The topological polar surface area (TPSA) is 85.4 Å². The predicted molar refractivity (Wildman–Crippen MR) is 104 cm³/mol. The number of sulfonamides is 1. The number of aryl methyl sites for hydroxylation is 1. The first-order valence-electron chi connectivity index (χ1n) is 8.97. The summed E-state index contributed by atoms with van der Waals surface area (Å²) in [5.74, 6) is -0.511. The molecule has 29 heavy (non-hydrogen) atoms. The van der Waals surface area contributed by atoms with Crippen LogP contribution in [0, 0.1) is 22.9 Å². The Morgan fingerprint density at radius 1 is 1.10 bits per heavy atom. The van der Waals surface area contributed by atoms with Gasteiger partial charge in [-0.05, 0) is 30.7 Å². The van der Waals surface area contributed by atoms with Crippen molar-refractivity contribution in [2.45, 2.75) is 24.4 Å². The normalized spacial score (nSPS) is 17.1. The summed E-state index contributed by atoms with van der Waals surface area (Å²) < 4.78 is 45.0. The summed E-state index contributed by atoms with van der Waals surface area (Å²) in [6.45, 7) is 2.10. The van der Waals surface area contributed by atoms with Crippen LogP contribution in [0.4, 0.5) is 10.1 Å². The molecule has 0 fully saturated rings. The Morgan fingerprint density at radius 3 is 2.59 bits per heavy atom. The van der Waals surface area contributed by atoms with Crippen LogP contribution in [-0.2, 0) is 16.6 Å². The number of rotatable bonds is 4. The van der Waals surface area contributed by atoms with Crippen LogP contribution in [0.15, 0.2) is 65.7 Å². The third-order valence-corrected chi connectivity index (χ3v) is 7.17. The van der Waals surface area contributed by atoms with E-state index in [4.69, 9.17) is 0 Å². The number of non-ortho nitro benzene ring substituents is 1. The Kier molecular flexibility index (Phi) is 4.71. The van der Waals surface area contributed by atoms with Gasteiger partial charge in [0.15, 0.2) is 0 Å². The molecule has 0 spiro atoms. The number of aromatic nitrogens is 1. The standard InChI is InChI=1S/C20H18FN3O4S/c1-14-8-9-15(24(25)26)13-19(14)29(27,28)23-12-11-22-10-4-7-18(22)20(23)16-5-2-3-6-17(16)21/h2-10,13,20H,11-12H2,1H3/t20-/m1/s1. The van der Waals surface area contributed by atoms with Crippen molar-refractivity contribution in [1.29, 1.82) is 0 Å². The molecule has 0 saturated heterocycles. The van der Waals surface area contributed by atoms with Crippen molar-refractivity contribution in [3.8, 4) is 0 Å². The molecule has 1 atom stereocenters. The molecule has 0 N–H and O–H groups in total. The number of fused-ring (bicyclic) bond motifs is 1. The van der Waals surface area contributed by atoms with Crippen molar-refractivity contribution >= 4 is 15.7 Å². The molecule has 0 aliphatic carbocycles. The number of nitrogens with zero attached hydrogens (tertiary/aromatic N) is 3. The van der Waals surface area contributed by atoms with E-state index in [1.54, 1.807) is 37.3 Å². The van der Waals surface area contributed by atoms with Crippen molar-refractivity contribution in [1.82, 2.24) is 8.87 Å². The van der Waals surface area contributed by atoms with E-state index >= 15 is 0 Å². The lowest BCUT2D eigenvalue weighted by atomic mass is 10.0. The van der Waals surface area contributed by atoms with Crippen LogP contribution in [0.5, 0.6) is 0 Å². The summed E-state index contributed by atoms with van der Waals surface area (Å²) in [6.07, 6.45) is 1.83. The molecular weight excluding hydrogens is 397 g/mol. The molecule has 2 aromatic carbocycles. The number of nitro benzene ring substituents is 1. The minimum Gasteiger partial charge on any atom is -0.348 e. The molecule has 0 saturated carbocycles. The van der Waals surface area contributed by atoms with Gasteiger partial charge >= 0.3 is 0 Å². The van der Waals surface area contributed by atoms with Crippen molar-refractivity contribution in [2.75, 3.05) is 6.54 Å². The Labute approximate surface area is 167 Å². The zero-order valence-electron chi connectivity index (χ0n) is 15.5. The first kappa shape index (κ1) is 19.3. The maximum Gasteiger partial charge on any atom is 0.270 e. The number of hydrogen-bond acceptors (Lipinski definition) is 4. The third-order valence-electron chi connectivity index (χ3n) is 5.16. The molecule has 3 aromatic rings. The molecule has 2 heterocycles. The van der Waals surface area contributed by atoms with Crippen LogP contribution in [0.2, 0.25) is 0 Å². The highest BCUT2D eigenvalue weighted by atomic mass is 32.2. The fourth-order valence-corrected chi connectivity index (χ4v) is 5.56. The van der Waals surface area contributed by atoms with Crippen LogP contribution in [0.25, 0.3) is 0 Å². The van der Waals surface area contributed by atoms with Crippen molar-refractivity contribution in [3.63, 3.8) is 0 Å². The summed E-state index contributed by atoms with van der Waals surface area (Å²) in [6, 6.07) is 12.5. The fourth-order valence-electron chi connectivity index (χ4n) is 3.74. The second-order valence-electron chi connectivity index (χ2n) is 6.87. The van der Waals surface area contributed by atoms with Crippen LogP contribution < -0.4 is 0 Å². The number of benzene rings is 2. The molecular formula is C20H18FN3O4S. The molecule has 0 bridgehead atoms. The third kappa shape index (κ3) is 3.22. The second-order valence-corrected chi connectivity index (χ2v) is 8.73. The Balaban J connectivity index is 1.90. The lowest BCUT2D eigenvalue weighted by Gasteiger charge is -2.36. The first-order valence-corrected chi connectivity index (χ1v) is 10.4. The minimum atomic E-state index is -4.13. The van der Waals surface area contributed by atoms with Crippen molar-refractivity contribution < 1.29 is 17.7 Å². The average molecular weight is 415 g/mol. The largest absolute Gasteiger partial charge is 0.348 e. The summed E-state index contributed by atoms with van der Waals surface area (Å²) in [7, 11) is -4.13. The van der Waals surface area contributed by atoms with E-state index in [9.17, 15) is 22.9 Å². The monoisotopic (exact) mass is 415 g/mol. The molecule has 0 amide bonds. The van der Waals surface area contributed by atoms with Gasteiger partial charge in [0.05, 0.1) is 15.9 Å². The molecule has 1 aliphatic rings. The summed E-state index contributed by atoms with van der Waals surface area (Å²) in [5, 5.41) is 11.2. The fraction of sp³-hybridized carbons (Fsp3) is 0.200. The number of nitro groups is 1. The van der Waals surface area contributed by atoms with Gasteiger partial charge in [-0.1, -0.05) is 24.3 Å².